The second-order valence-electron chi connectivity index (χ2n) is 12.0. The molecule has 0 aliphatic rings. The highest BCUT2D eigenvalue weighted by atomic mass is 32.1. The van der Waals surface area contributed by atoms with Crippen LogP contribution in [0.4, 0.5) is 0 Å². The first-order valence-electron chi connectivity index (χ1n) is 15.5. The van der Waals surface area contributed by atoms with Crippen LogP contribution in [0.2, 0.25) is 0 Å². The first-order chi connectivity index (χ1) is 22.8. The summed E-state index contributed by atoms with van der Waals surface area (Å²) in [6.07, 6.45) is 0. The first kappa shape index (κ1) is 25.2. The zero-order valence-electron chi connectivity index (χ0n) is 24.5. The number of para-hydroxylation sites is 1. The van der Waals surface area contributed by atoms with Crippen LogP contribution in [0.1, 0.15) is 0 Å². The molecule has 7 aromatic carbocycles. The summed E-state index contributed by atoms with van der Waals surface area (Å²) in [6, 6.07) is 51.8. The average Bonchev–Trinajstić information content (AvgIpc) is 3.86. The molecule has 0 atom stereocenters. The van der Waals surface area contributed by atoms with E-state index in [0.717, 1.165) is 0 Å². The summed E-state index contributed by atoms with van der Waals surface area (Å²) in [5.41, 5.74) is 6.35. The zero-order valence-corrected chi connectivity index (χ0v) is 26.9. The van der Waals surface area contributed by atoms with Gasteiger partial charge < -0.3 is 4.57 Å². The van der Waals surface area contributed by atoms with Gasteiger partial charge in [0.2, 0.25) is 0 Å². The lowest BCUT2D eigenvalue weighted by molar-refractivity contribution is 1.20. The van der Waals surface area contributed by atoms with Crippen LogP contribution in [0, 0.1) is 0 Å². The Morgan fingerprint density at radius 1 is 0.370 bits per heavy atom. The lowest BCUT2D eigenvalue weighted by Gasteiger charge is -2.09. The number of fused-ring (bicyclic) bond motifs is 13. The third-order valence-electron chi connectivity index (χ3n) is 9.61. The topological polar surface area (TPSA) is 4.93 Å². The Morgan fingerprint density at radius 3 is 1.93 bits per heavy atom. The minimum atomic E-state index is 1.25. The maximum Gasteiger partial charge on any atom is 0.0640 e. The van der Waals surface area contributed by atoms with Crippen molar-refractivity contribution in [3.8, 4) is 16.8 Å². The fraction of sp³-hybridized carbons (Fsp3) is 0. The molecular weight excluding hydrogens is 615 g/mol. The van der Waals surface area contributed by atoms with Gasteiger partial charge >= 0.3 is 0 Å². The van der Waals surface area contributed by atoms with E-state index >= 15 is 0 Å². The highest BCUT2D eigenvalue weighted by Crippen LogP contribution is 2.46. The Morgan fingerprint density at radius 2 is 1.02 bits per heavy atom. The van der Waals surface area contributed by atoms with Crippen LogP contribution in [0.3, 0.4) is 0 Å². The molecule has 0 saturated heterocycles. The van der Waals surface area contributed by atoms with Gasteiger partial charge in [0.15, 0.2) is 0 Å². The quantitative estimate of drug-likeness (QED) is 0.178. The van der Waals surface area contributed by atoms with E-state index in [2.05, 4.69) is 144 Å². The summed E-state index contributed by atoms with van der Waals surface area (Å²) >= 11 is 5.71. The van der Waals surface area contributed by atoms with Crippen LogP contribution >= 0.6 is 34.0 Å². The summed E-state index contributed by atoms with van der Waals surface area (Å²) in [7, 11) is 0. The molecular formula is C42H23NS3. The molecule has 46 heavy (non-hydrogen) atoms. The number of hydrogen-bond donors (Lipinski definition) is 0. The van der Waals surface area contributed by atoms with E-state index in [4.69, 9.17) is 0 Å². The number of thiophene rings is 3. The first-order valence-corrected chi connectivity index (χ1v) is 18.0. The molecule has 0 fully saturated rings. The van der Waals surface area contributed by atoms with E-state index in [1.165, 1.54) is 99.1 Å². The van der Waals surface area contributed by atoms with E-state index in [1.54, 1.807) is 0 Å². The van der Waals surface area contributed by atoms with Gasteiger partial charge in [-0.1, -0.05) is 97.1 Å². The Bertz CT molecular complexity index is 3040. The van der Waals surface area contributed by atoms with E-state index in [9.17, 15) is 0 Å². The van der Waals surface area contributed by atoms with Gasteiger partial charge in [-0.15, -0.1) is 34.0 Å². The molecule has 0 saturated carbocycles. The van der Waals surface area contributed by atoms with Crippen molar-refractivity contribution in [2.24, 2.45) is 0 Å². The SMILES string of the molecule is c1ccc2c(c1)sc1c2ccc2c1c1ccccc1n2-c1cccc2c1sc1cc(-c3cccc4sc5ccccc5c34)ccc12. The minimum absolute atomic E-state index is 1.25. The zero-order chi connectivity index (χ0) is 29.9. The number of aromatic nitrogens is 1. The number of benzene rings is 7. The molecule has 0 aliphatic carbocycles. The standard InChI is InChI=1S/C42H23NS3/c1-4-14-32-30(10-1)40-33(22-21-29-26-9-2-5-16-35(26)45-42(29)40)43(32)34-15-7-13-28-27-20-19-24(23-38(27)46-41(28)34)25-12-8-18-37-39(25)31-11-3-6-17-36(31)44-37/h1-23H. The number of rotatable bonds is 2. The van der Waals surface area contributed by atoms with Gasteiger partial charge in [-0.25, -0.2) is 0 Å². The van der Waals surface area contributed by atoms with Crippen LogP contribution < -0.4 is 0 Å². The molecule has 0 aliphatic heterocycles. The summed E-state index contributed by atoms with van der Waals surface area (Å²) in [5, 5.41) is 10.7. The Kier molecular flexibility index (Phi) is 5.08. The smallest absolute Gasteiger partial charge is 0.0640 e. The van der Waals surface area contributed by atoms with Crippen LogP contribution in [0.15, 0.2) is 140 Å². The van der Waals surface area contributed by atoms with Gasteiger partial charge in [0.05, 0.1) is 21.4 Å². The van der Waals surface area contributed by atoms with Crippen molar-refractivity contribution in [1.29, 1.82) is 0 Å². The number of hydrogen-bond acceptors (Lipinski definition) is 3. The Hall–Kier alpha value is -5.00. The summed E-state index contributed by atoms with van der Waals surface area (Å²) in [5.74, 6) is 0. The van der Waals surface area contributed by atoms with Gasteiger partial charge in [-0.2, -0.15) is 0 Å². The lowest BCUT2D eigenvalue weighted by Crippen LogP contribution is -1.93. The average molecular weight is 638 g/mol. The second kappa shape index (κ2) is 9.27. The fourth-order valence-electron chi connectivity index (χ4n) is 7.64. The van der Waals surface area contributed by atoms with Gasteiger partial charge in [0.25, 0.3) is 0 Å². The van der Waals surface area contributed by atoms with Gasteiger partial charge in [0, 0.05) is 66.6 Å². The molecule has 214 valence electrons. The maximum absolute atomic E-state index is 2.51. The lowest BCUT2D eigenvalue weighted by atomic mass is 9.98. The molecule has 11 aromatic rings. The van der Waals surface area contributed by atoms with E-state index in [1.807, 2.05) is 34.0 Å². The third-order valence-corrected chi connectivity index (χ3v) is 13.1. The highest BCUT2D eigenvalue weighted by Gasteiger charge is 2.20. The van der Waals surface area contributed by atoms with Crippen LogP contribution in [0.25, 0.3) is 99.1 Å². The van der Waals surface area contributed by atoms with Crippen molar-refractivity contribution < 1.29 is 0 Å². The molecule has 0 spiro atoms. The van der Waals surface area contributed by atoms with E-state index < -0.39 is 0 Å². The van der Waals surface area contributed by atoms with E-state index in [-0.39, 0.29) is 0 Å². The molecule has 0 unspecified atom stereocenters. The summed E-state index contributed by atoms with van der Waals surface area (Å²) < 4.78 is 10.6. The van der Waals surface area contributed by atoms with Gasteiger partial charge in [0.1, 0.15) is 0 Å². The molecule has 4 heterocycles. The van der Waals surface area contributed by atoms with Crippen LogP contribution in [0.5, 0.6) is 0 Å². The van der Waals surface area contributed by atoms with Crippen molar-refractivity contribution in [2.45, 2.75) is 0 Å². The molecule has 1 nitrogen and oxygen atoms in total. The van der Waals surface area contributed by atoms with Gasteiger partial charge in [-0.05, 0) is 53.6 Å². The predicted molar refractivity (Wildman–Crippen MR) is 205 cm³/mol. The normalized spacial score (nSPS) is 12.3. The second-order valence-corrected chi connectivity index (χ2v) is 15.2. The van der Waals surface area contributed by atoms with Crippen molar-refractivity contribution in [3.05, 3.63) is 140 Å². The van der Waals surface area contributed by atoms with Crippen LogP contribution in [-0.2, 0) is 0 Å². The van der Waals surface area contributed by atoms with Crippen molar-refractivity contribution in [1.82, 2.24) is 4.57 Å². The predicted octanol–water partition coefficient (Wildman–Crippen LogP) is 13.6. The highest BCUT2D eigenvalue weighted by molar-refractivity contribution is 7.27. The largest absolute Gasteiger partial charge is 0.308 e. The minimum Gasteiger partial charge on any atom is -0.308 e. The summed E-state index contributed by atoms with van der Waals surface area (Å²) in [6.45, 7) is 0. The molecule has 0 radical (unpaired) electrons. The maximum atomic E-state index is 2.51. The van der Waals surface area contributed by atoms with Crippen molar-refractivity contribution >= 4 is 116 Å². The molecule has 0 bridgehead atoms. The number of nitrogens with zero attached hydrogens (tertiary/aromatic N) is 1. The monoisotopic (exact) mass is 637 g/mol. The van der Waals surface area contributed by atoms with E-state index in [0.29, 0.717) is 0 Å². The Labute approximate surface area is 275 Å². The molecule has 4 heteroatoms. The summed E-state index contributed by atoms with van der Waals surface area (Å²) in [4.78, 5) is 0. The van der Waals surface area contributed by atoms with Crippen LogP contribution in [-0.4, -0.2) is 4.57 Å². The molecule has 0 amide bonds. The molecule has 11 rings (SSSR count). The third kappa shape index (κ3) is 3.33. The van der Waals surface area contributed by atoms with Crippen molar-refractivity contribution in [3.63, 3.8) is 0 Å². The molecule has 0 N–H and O–H groups in total. The molecule has 4 aromatic heterocycles. The fourth-order valence-corrected chi connectivity index (χ4v) is 11.3. The Balaban J connectivity index is 1.18. The van der Waals surface area contributed by atoms with Gasteiger partial charge in [-0.3, -0.25) is 0 Å². The van der Waals surface area contributed by atoms with Crippen molar-refractivity contribution in [2.75, 3.05) is 0 Å².